The van der Waals surface area contributed by atoms with Crippen molar-refractivity contribution in [2.45, 2.75) is 16.9 Å². The summed E-state index contributed by atoms with van der Waals surface area (Å²) in [6.07, 6.45) is -4.57. The molecule has 0 saturated heterocycles. The summed E-state index contributed by atoms with van der Waals surface area (Å²) < 4.78 is 59.5. The van der Waals surface area contributed by atoms with Gasteiger partial charge in [-0.1, -0.05) is 0 Å². The molecule has 0 fully saturated rings. The van der Waals surface area contributed by atoms with Crippen LogP contribution in [0.4, 0.5) is 13.2 Å². The number of rotatable bonds is 4. The fraction of sp³-hybridized carbons (Fsp3) is 0.429. The van der Waals surface area contributed by atoms with E-state index in [1.54, 1.807) is 0 Å². The van der Waals surface area contributed by atoms with Crippen LogP contribution < -0.4 is 10.5 Å². The maximum Gasteiger partial charge on any atom is 0.402 e. The third kappa shape index (κ3) is 3.74. The van der Waals surface area contributed by atoms with Gasteiger partial charge in [-0.05, 0) is 12.1 Å². The van der Waals surface area contributed by atoms with E-state index in [0.717, 1.165) is 11.3 Å². The van der Waals surface area contributed by atoms with Crippen LogP contribution in [0.15, 0.2) is 16.3 Å². The summed E-state index contributed by atoms with van der Waals surface area (Å²) in [5.41, 5.74) is 5.26. The van der Waals surface area contributed by atoms with Crippen molar-refractivity contribution in [3.63, 3.8) is 0 Å². The summed E-state index contributed by atoms with van der Waals surface area (Å²) >= 11 is 0.848. The van der Waals surface area contributed by atoms with Gasteiger partial charge in [-0.3, -0.25) is 0 Å². The van der Waals surface area contributed by atoms with E-state index < -0.39 is 22.7 Å². The number of thiophene rings is 1. The monoisotopic (exact) mass is 274 g/mol. The first kappa shape index (κ1) is 13.4. The zero-order valence-electron chi connectivity index (χ0n) is 7.91. The molecule has 0 atom stereocenters. The van der Waals surface area contributed by atoms with Gasteiger partial charge in [0.05, 0.1) is 0 Å². The summed E-state index contributed by atoms with van der Waals surface area (Å²) in [4.78, 5) is 0.590. The summed E-state index contributed by atoms with van der Waals surface area (Å²) in [6, 6.07) is 2.69. The van der Waals surface area contributed by atoms with Gasteiger partial charge < -0.3 is 5.73 Å². The molecule has 1 rings (SSSR count). The molecular formula is C7H9F3N2O2S2. The number of alkyl halides is 3. The third-order valence-corrected chi connectivity index (χ3v) is 4.57. The lowest BCUT2D eigenvalue weighted by atomic mass is 10.5. The predicted octanol–water partition coefficient (Wildman–Crippen LogP) is 1.05. The van der Waals surface area contributed by atoms with Crippen molar-refractivity contribution in [2.75, 3.05) is 6.54 Å². The SMILES string of the molecule is NCc1ccc(S(=O)(=O)NCC(F)(F)F)s1. The molecule has 4 nitrogen and oxygen atoms in total. The van der Waals surface area contributed by atoms with Crippen molar-refractivity contribution in [2.24, 2.45) is 5.73 Å². The second-order valence-corrected chi connectivity index (χ2v) is 6.03. The van der Waals surface area contributed by atoms with E-state index in [9.17, 15) is 21.6 Å². The number of nitrogens with two attached hydrogens (primary N) is 1. The smallest absolute Gasteiger partial charge is 0.326 e. The Hall–Kier alpha value is -0.640. The summed E-state index contributed by atoms with van der Waals surface area (Å²) in [5, 5.41) is 0. The van der Waals surface area contributed by atoms with Gasteiger partial charge in [0.25, 0.3) is 0 Å². The summed E-state index contributed by atoms with van der Waals surface area (Å²) in [7, 11) is -4.09. The van der Waals surface area contributed by atoms with Crippen LogP contribution in [0.3, 0.4) is 0 Å². The molecule has 0 aliphatic rings. The molecule has 0 amide bonds. The lowest BCUT2D eigenvalue weighted by Crippen LogP contribution is -2.33. The molecule has 16 heavy (non-hydrogen) atoms. The molecule has 3 N–H and O–H groups in total. The van der Waals surface area contributed by atoms with E-state index in [2.05, 4.69) is 0 Å². The fourth-order valence-corrected chi connectivity index (χ4v) is 3.15. The Kier molecular flexibility index (Phi) is 3.94. The van der Waals surface area contributed by atoms with E-state index in [0.29, 0.717) is 4.88 Å². The maximum atomic E-state index is 11.8. The highest BCUT2D eigenvalue weighted by molar-refractivity contribution is 7.91. The molecule has 92 valence electrons. The second kappa shape index (κ2) is 4.70. The highest BCUT2D eigenvalue weighted by atomic mass is 32.2. The molecule has 0 aliphatic heterocycles. The van der Waals surface area contributed by atoms with Crippen molar-refractivity contribution >= 4 is 21.4 Å². The lowest BCUT2D eigenvalue weighted by Gasteiger charge is -2.07. The number of halogens is 3. The van der Waals surface area contributed by atoms with Gasteiger partial charge in [-0.25, -0.2) is 13.1 Å². The first-order valence-corrected chi connectivity index (χ1v) is 6.40. The minimum Gasteiger partial charge on any atom is -0.326 e. The molecule has 0 spiro atoms. The van der Waals surface area contributed by atoms with Crippen molar-refractivity contribution < 1.29 is 21.6 Å². The molecule has 1 aromatic heterocycles. The van der Waals surface area contributed by atoms with Gasteiger partial charge >= 0.3 is 6.18 Å². The Morgan fingerprint density at radius 1 is 1.38 bits per heavy atom. The number of hydrogen-bond donors (Lipinski definition) is 2. The zero-order chi connectivity index (χ0) is 12.4. The summed E-state index contributed by atoms with van der Waals surface area (Å²) in [5.74, 6) is 0. The van der Waals surface area contributed by atoms with E-state index in [-0.39, 0.29) is 10.8 Å². The molecule has 0 aromatic carbocycles. The van der Waals surface area contributed by atoms with Crippen molar-refractivity contribution in [3.05, 3.63) is 17.0 Å². The van der Waals surface area contributed by atoms with Crippen LogP contribution in [0.2, 0.25) is 0 Å². The Balaban J connectivity index is 2.78. The number of sulfonamides is 1. The topological polar surface area (TPSA) is 72.2 Å². The molecule has 0 unspecified atom stereocenters. The summed E-state index contributed by atoms with van der Waals surface area (Å²) in [6.45, 7) is -1.43. The van der Waals surface area contributed by atoms with Crippen LogP contribution >= 0.6 is 11.3 Å². The molecule has 0 bridgehead atoms. The molecule has 1 heterocycles. The maximum absolute atomic E-state index is 11.8. The second-order valence-electron chi connectivity index (χ2n) is 2.86. The Morgan fingerprint density at radius 2 is 2.00 bits per heavy atom. The van der Waals surface area contributed by atoms with Crippen molar-refractivity contribution in [3.8, 4) is 0 Å². The van der Waals surface area contributed by atoms with Crippen LogP contribution in [0.1, 0.15) is 4.88 Å². The van der Waals surface area contributed by atoms with Gasteiger partial charge in [0.2, 0.25) is 10.0 Å². The van der Waals surface area contributed by atoms with Crippen LogP contribution in [0, 0.1) is 0 Å². The minimum absolute atomic E-state index is 0.152. The normalized spacial score (nSPS) is 13.0. The Labute approximate surface area is 94.3 Å². The molecule has 0 aliphatic carbocycles. The largest absolute Gasteiger partial charge is 0.402 e. The average molecular weight is 274 g/mol. The van der Waals surface area contributed by atoms with Gasteiger partial charge in [-0.15, -0.1) is 11.3 Å². The molecular weight excluding hydrogens is 265 g/mol. The number of hydrogen-bond acceptors (Lipinski definition) is 4. The van der Waals surface area contributed by atoms with Gasteiger partial charge in [0.15, 0.2) is 0 Å². The fourth-order valence-electron chi connectivity index (χ4n) is 0.860. The quantitative estimate of drug-likeness (QED) is 0.862. The first-order chi connectivity index (χ1) is 7.24. The first-order valence-electron chi connectivity index (χ1n) is 4.10. The highest BCUT2D eigenvalue weighted by Crippen LogP contribution is 2.22. The van der Waals surface area contributed by atoms with Crippen LogP contribution in [-0.4, -0.2) is 21.1 Å². The van der Waals surface area contributed by atoms with Crippen LogP contribution in [0.25, 0.3) is 0 Å². The minimum atomic E-state index is -4.57. The third-order valence-electron chi connectivity index (χ3n) is 1.57. The number of nitrogens with one attached hydrogen (secondary N) is 1. The Morgan fingerprint density at radius 3 is 2.44 bits per heavy atom. The van der Waals surface area contributed by atoms with E-state index in [1.807, 2.05) is 0 Å². The zero-order valence-corrected chi connectivity index (χ0v) is 9.55. The van der Waals surface area contributed by atoms with Gasteiger partial charge in [0.1, 0.15) is 10.8 Å². The molecule has 0 radical (unpaired) electrons. The standard InChI is InChI=1S/C7H9F3N2O2S2/c8-7(9,10)4-12-16(13,14)6-2-1-5(3-11)15-6/h1-2,12H,3-4,11H2. The van der Waals surface area contributed by atoms with E-state index >= 15 is 0 Å². The Bertz CT molecular complexity index is 452. The lowest BCUT2D eigenvalue weighted by molar-refractivity contribution is -0.121. The molecule has 1 aromatic rings. The van der Waals surface area contributed by atoms with Crippen LogP contribution in [-0.2, 0) is 16.6 Å². The van der Waals surface area contributed by atoms with Crippen molar-refractivity contribution in [1.29, 1.82) is 0 Å². The highest BCUT2D eigenvalue weighted by Gasteiger charge is 2.30. The molecule has 9 heteroatoms. The van der Waals surface area contributed by atoms with Gasteiger partial charge in [0, 0.05) is 11.4 Å². The van der Waals surface area contributed by atoms with Crippen molar-refractivity contribution in [1.82, 2.24) is 4.72 Å². The van der Waals surface area contributed by atoms with Gasteiger partial charge in [-0.2, -0.15) is 13.2 Å². The van der Waals surface area contributed by atoms with Crippen LogP contribution in [0.5, 0.6) is 0 Å². The molecule has 0 saturated carbocycles. The average Bonchev–Trinajstić information content (AvgIpc) is 2.62. The van der Waals surface area contributed by atoms with E-state index in [4.69, 9.17) is 5.73 Å². The van der Waals surface area contributed by atoms with E-state index in [1.165, 1.54) is 16.9 Å². The predicted molar refractivity (Wildman–Crippen MR) is 53.5 cm³/mol.